The van der Waals surface area contributed by atoms with Crippen LogP contribution in [-0.2, 0) is 11.0 Å². The number of aromatic nitrogens is 1. The lowest BCUT2D eigenvalue weighted by atomic mass is 9.95. The van der Waals surface area contributed by atoms with E-state index in [4.69, 9.17) is 0 Å². The molecular weight excluding hydrogens is 271 g/mol. The van der Waals surface area contributed by atoms with Gasteiger partial charge in [0.1, 0.15) is 5.69 Å². The number of pyridine rings is 1. The Hall–Kier alpha value is -1.79. The van der Waals surface area contributed by atoms with Crippen molar-refractivity contribution in [3.05, 3.63) is 24.0 Å². The number of hydrogen-bond donors (Lipinski definition) is 1. The number of alkyl halides is 3. The van der Waals surface area contributed by atoms with E-state index in [1.54, 1.807) is 13.1 Å². The maximum Gasteiger partial charge on any atom is 0.433 e. The number of carbonyl (C=O) groups is 1. The van der Waals surface area contributed by atoms with E-state index in [1.165, 1.54) is 6.20 Å². The van der Waals surface area contributed by atoms with Crippen molar-refractivity contribution in [1.29, 1.82) is 0 Å². The summed E-state index contributed by atoms with van der Waals surface area (Å²) in [6, 6.07) is 2.62. The van der Waals surface area contributed by atoms with Crippen molar-refractivity contribution >= 4 is 11.6 Å². The lowest BCUT2D eigenvalue weighted by Gasteiger charge is -2.33. The van der Waals surface area contributed by atoms with Crippen molar-refractivity contribution < 1.29 is 18.0 Å². The van der Waals surface area contributed by atoms with Crippen LogP contribution in [0.2, 0.25) is 0 Å². The van der Waals surface area contributed by atoms with E-state index in [0.29, 0.717) is 31.6 Å². The molecule has 0 unspecified atom stereocenters. The van der Waals surface area contributed by atoms with E-state index in [9.17, 15) is 18.0 Å². The molecule has 1 aliphatic heterocycles. The SMILES string of the molecule is CNC(=O)C1CCN(c2ccnc(C(F)(F)F)c2)CC1. The minimum absolute atomic E-state index is 0.00430. The number of hydrogen-bond acceptors (Lipinski definition) is 3. The summed E-state index contributed by atoms with van der Waals surface area (Å²) in [5, 5.41) is 2.60. The van der Waals surface area contributed by atoms with Gasteiger partial charge in [0.05, 0.1) is 0 Å². The van der Waals surface area contributed by atoms with Crippen molar-refractivity contribution in [3.63, 3.8) is 0 Å². The molecular formula is C13H16F3N3O. The first-order valence-corrected chi connectivity index (χ1v) is 6.41. The molecule has 2 rings (SSSR count). The van der Waals surface area contributed by atoms with Crippen LogP contribution in [0.1, 0.15) is 18.5 Å². The second-order valence-electron chi connectivity index (χ2n) is 4.77. The third-order valence-corrected chi connectivity index (χ3v) is 3.51. The molecule has 1 fully saturated rings. The fourth-order valence-electron chi connectivity index (χ4n) is 2.38. The summed E-state index contributed by atoms with van der Waals surface area (Å²) in [6.45, 7) is 1.14. The highest BCUT2D eigenvalue weighted by Crippen LogP contribution is 2.31. The van der Waals surface area contributed by atoms with E-state index in [1.807, 2.05) is 4.90 Å². The molecule has 0 bridgehead atoms. The second-order valence-corrected chi connectivity index (χ2v) is 4.77. The van der Waals surface area contributed by atoms with Gasteiger partial charge in [-0.05, 0) is 25.0 Å². The second kappa shape index (κ2) is 5.68. The van der Waals surface area contributed by atoms with Gasteiger partial charge in [-0.2, -0.15) is 13.2 Å². The zero-order valence-electron chi connectivity index (χ0n) is 11.1. The first-order valence-electron chi connectivity index (χ1n) is 6.41. The molecule has 1 aromatic heterocycles. The molecule has 4 nitrogen and oxygen atoms in total. The number of anilines is 1. The highest BCUT2D eigenvalue weighted by molar-refractivity contribution is 5.78. The number of piperidine rings is 1. The van der Waals surface area contributed by atoms with Crippen LogP contribution in [0.3, 0.4) is 0 Å². The smallest absolute Gasteiger partial charge is 0.371 e. The number of rotatable bonds is 2. The maximum atomic E-state index is 12.6. The summed E-state index contributed by atoms with van der Waals surface area (Å²) in [5.74, 6) is -0.0597. The van der Waals surface area contributed by atoms with E-state index >= 15 is 0 Å². The molecule has 2 heterocycles. The summed E-state index contributed by atoms with van der Waals surface area (Å²) in [7, 11) is 1.59. The number of nitrogens with zero attached hydrogens (tertiary/aromatic N) is 2. The Morgan fingerprint density at radius 2 is 2.05 bits per heavy atom. The van der Waals surface area contributed by atoms with E-state index in [2.05, 4.69) is 10.3 Å². The van der Waals surface area contributed by atoms with Crippen molar-refractivity contribution in [2.75, 3.05) is 25.0 Å². The standard InChI is InChI=1S/C13H16F3N3O/c1-17-12(20)9-3-6-19(7-4-9)10-2-5-18-11(8-10)13(14,15)16/h2,5,8-9H,3-4,6-7H2,1H3,(H,17,20). The zero-order chi connectivity index (χ0) is 14.8. The van der Waals surface area contributed by atoms with Crippen molar-refractivity contribution in [2.45, 2.75) is 19.0 Å². The van der Waals surface area contributed by atoms with Crippen molar-refractivity contribution in [1.82, 2.24) is 10.3 Å². The van der Waals surface area contributed by atoms with E-state index < -0.39 is 11.9 Å². The monoisotopic (exact) mass is 287 g/mol. The average molecular weight is 287 g/mol. The van der Waals surface area contributed by atoms with Crippen LogP contribution in [0.25, 0.3) is 0 Å². The summed E-state index contributed by atoms with van der Waals surface area (Å²) in [6.07, 6.45) is -1.98. The largest absolute Gasteiger partial charge is 0.433 e. The van der Waals surface area contributed by atoms with Crippen molar-refractivity contribution in [3.8, 4) is 0 Å². The van der Waals surface area contributed by atoms with Gasteiger partial charge in [-0.1, -0.05) is 0 Å². The van der Waals surface area contributed by atoms with E-state index in [0.717, 1.165) is 6.07 Å². The Labute approximate surface area is 115 Å². The van der Waals surface area contributed by atoms with Gasteiger partial charge in [0.15, 0.2) is 0 Å². The van der Waals surface area contributed by atoms with Gasteiger partial charge in [0.2, 0.25) is 5.91 Å². The third kappa shape index (κ3) is 3.20. The van der Waals surface area contributed by atoms with Crippen molar-refractivity contribution in [2.24, 2.45) is 5.92 Å². The maximum absolute atomic E-state index is 12.6. The van der Waals surface area contributed by atoms with Crippen LogP contribution < -0.4 is 10.2 Å². The Bertz CT molecular complexity index is 482. The molecule has 0 radical (unpaired) electrons. The number of amides is 1. The summed E-state index contributed by atoms with van der Waals surface area (Å²) >= 11 is 0. The topological polar surface area (TPSA) is 45.2 Å². The first kappa shape index (κ1) is 14.6. The number of carbonyl (C=O) groups excluding carboxylic acids is 1. The average Bonchev–Trinajstić information content (AvgIpc) is 2.46. The lowest BCUT2D eigenvalue weighted by Crippen LogP contribution is -2.39. The molecule has 1 saturated heterocycles. The molecule has 1 N–H and O–H groups in total. The molecule has 1 aromatic rings. The third-order valence-electron chi connectivity index (χ3n) is 3.51. The molecule has 0 atom stereocenters. The van der Waals surface area contributed by atoms with E-state index in [-0.39, 0.29) is 11.8 Å². The van der Waals surface area contributed by atoms with Gasteiger partial charge < -0.3 is 10.2 Å². The fraction of sp³-hybridized carbons (Fsp3) is 0.538. The van der Waals surface area contributed by atoms with Crippen LogP contribution in [0, 0.1) is 5.92 Å². The van der Waals surface area contributed by atoms with Gasteiger partial charge >= 0.3 is 6.18 Å². The molecule has 7 heteroatoms. The predicted octanol–water partition coefficient (Wildman–Crippen LogP) is 2.06. The molecule has 0 aliphatic carbocycles. The van der Waals surface area contributed by atoms with Crippen LogP contribution in [0.5, 0.6) is 0 Å². The quantitative estimate of drug-likeness (QED) is 0.905. The molecule has 110 valence electrons. The number of halogens is 3. The molecule has 20 heavy (non-hydrogen) atoms. The summed E-state index contributed by atoms with van der Waals surface area (Å²) < 4.78 is 37.8. The van der Waals surface area contributed by atoms with Gasteiger partial charge in [0, 0.05) is 37.9 Å². The van der Waals surface area contributed by atoms with Gasteiger partial charge in [-0.3, -0.25) is 9.78 Å². The predicted molar refractivity (Wildman–Crippen MR) is 68.2 cm³/mol. The van der Waals surface area contributed by atoms with Crippen LogP contribution >= 0.6 is 0 Å². The van der Waals surface area contributed by atoms with Gasteiger partial charge in [0.25, 0.3) is 0 Å². The Morgan fingerprint density at radius 3 is 2.60 bits per heavy atom. The van der Waals surface area contributed by atoms with Gasteiger partial charge in [-0.15, -0.1) is 0 Å². The normalized spacial score (nSPS) is 17.1. The molecule has 1 aliphatic rings. The fourth-order valence-corrected chi connectivity index (χ4v) is 2.38. The Kier molecular flexibility index (Phi) is 4.15. The van der Waals surface area contributed by atoms with Crippen LogP contribution in [0.15, 0.2) is 18.3 Å². The van der Waals surface area contributed by atoms with Crippen LogP contribution in [0.4, 0.5) is 18.9 Å². The highest BCUT2D eigenvalue weighted by atomic mass is 19.4. The van der Waals surface area contributed by atoms with Gasteiger partial charge in [-0.25, -0.2) is 0 Å². The minimum atomic E-state index is -4.43. The zero-order valence-corrected chi connectivity index (χ0v) is 11.1. The Morgan fingerprint density at radius 1 is 1.40 bits per heavy atom. The first-order chi connectivity index (χ1) is 9.41. The number of nitrogens with one attached hydrogen (secondary N) is 1. The molecule has 0 saturated carbocycles. The summed E-state index contributed by atoms with van der Waals surface area (Å²) in [5.41, 5.74) is -0.383. The van der Waals surface area contributed by atoms with Crippen LogP contribution in [-0.4, -0.2) is 31.0 Å². The summed E-state index contributed by atoms with van der Waals surface area (Å²) in [4.78, 5) is 16.7. The lowest BCUT2D eigenvalue weighted by molar-refractivity contribution is -0.141. The molecule has 0 aromatic carbocycles. The Balaban J connectivity index is 2.06. The minimum Gasteiger partial charge on any atom is -0.371 e. The molecule has 1 amide bonds. The molecule has 0 spiro atoms. The highest BCUT2D eigenvalue weighted by Gasteiger charge is 2.33.